The normalized spacial score (nSPS) is 10.2. The van der Waals surface area contributed by atoms with Gasteiger partial charge < -0.3 is 14.7 Å². The van der Waals surface area contributed by atoms with Gasteiger partial charge in [-0.05, 0) is 27.7 Å². The maximum Gasteiger partial charge on any atom is 0.340 e. The van der Waals surface area contributed by atoms with Crippen LogP contribution in [0.15, 0.2) is 0 Å². The van der Waals surface area contributed by atoms with Gasteiger partial charge in [-0.1, -0.05) is 0 Å². The number of nitrogens with zero attached hydrogens (tertiary/aromatic N) is 1. The van der Waals surface area contributed by atoms with Gasteiger partial charge in [-0.25, -0.2) is 9.59 Å². The average Bonchev–Trinajstić information content (AvgIpc) is 2.54. The maximum atomic E-state index is 11.8. The van der Waals surface area contributed by atoms with Crippen LogP contribution in [0.4, 0.5) is 0 Å². The largest absolute Gasteiger partial charge is 0.462 e. The summed E-state index contributed by atoms with van der Waals surface area (Å²) in [6.45, 7) is 6.77. The number of rotatable bonds is 4. The number of hydrogen-bond donors (Lipinski definition) is 1. The Morgan fingerprint density at radius 2 is 1.33 bits per heavy atom. The van der Waals surface area contributed by atoms with Crippen LogP contribution in [-0.2, 0) is 9.47 Å². The van der Waals surface area contributed by atoms with Crippen LogP contribution in [0.3, 0.4) is 0 Å². The molecule has 0 saturated carbocycles. The molecule has 1 aromatic rings. The van der Waals surface area contributed by atoms with E-state index in [0.717, 1.165) is 4.73 Å². The van der Waals surface area contributed by atoms with Crippen LogP contribution >= 0.6 is 0 Å². The Kier molecular flexibility index (Phi) is 4.36. The van der Waals surface area contributed by atoms with Crippen LogP contribution in [0.5, 0.6) is 0 Å². The van der Waals surface area contributed by atoms with E-state index in [4.69, 9.17) is 9.47 Å². The van der Waals surface area contributed by atoms with Gasteiger partial charge in [0.15, 0.2) is 0 Å². The first-order valence-electron chi connectivity index (χ1n) is 5.71. The minimum absolute atomic E-state index is 0.0512. The highest BCUT2D eigenvalue weighted by Gasteiger charge is 2.29. The molecular formula is C12H17NO5. The van der Waals surface area contributed by atoms with Gasteiger partial charge in [0, 0.05) is 0 Å². The zero-order valence-electron chi connectivity index (χ0n) is 10.9. The molecule has 0 atom stereocenters. The monoisotopic (exact) mass is 255 g/mol. The lowest BCUT2D eigenvalue weighted by Gasteiger charge is -2.05. The fraction of sp³-hybridized carbons (Fsp3) is 0.500. The molecule has 18 heavy (non-hydrogen) atoms. The van der Waals surface area contributed by atoms with Crippen LogP contribution in [-0.4, -0.2) is 35.1 Å². The van der Waals surface area contributed by atoms with Crippen LogP contribution < -0.4 is 0 Å². The smallest absolute Gasteiger partial charge is 0.340 e. The van der Waals surface area contributed by atoms with Gasteiger partial charge in [0.05, 0.1) is 35.7 Å². The Bertz CT molecular complexity index is 434. The van der Waals surface area contributed by atoms with Crippen molar-refractivity contribution >= 4 is 11.9 Å². The fourth-order valence-electron chi connectivity index (χ4n) is 1.73. The van der Waals surface area contributed by atoms with Gasteiger partial charge in [-0.3, -0.25) is 0 Å². The quantitative estimate of drug-likeness (QED) is 0.654. The molecule has 0 bridgehead atoms. The van der Waals surface area contributed by atoms with Gasteiger partial charge in [0.2, 0.25) is 0 Å². The molecule has 0 amide bonds. The summed E-state index contributed by atoms with van der Waals surface area (Å²) < 4.78 is 10.5. The lowest BCUT2D eigenvalue weighted by atomic mass is 10.1. The number of carbonyl (C=O) groups is 2. The molecule has 0 aliphatic rings. The highest BCUT2D eigenvalue weighted by Crippen LogP contribution is 2.23. The van der Waals surface area contributed by atoms with E-state index in [9.17, 15) is 14.8 Å². The zero-order valence-corrected chi connectivity index (χ0v) is 10.9. The minimum Gasteiger partial charge on any atom is -0.462 e. The summed E-state index contributed by atoms with van der Waals surface area (Å²) >= 11 is 0. The third kappa shape index (κ3) is 2.32. The summed E-state index contributed by atoms with van der Waals surface area (Å²) in [5.41, 5.74) is 0.619. The van der Waals surface area contributed by atoms with Gasteiger partial charge in [0.1, 0.15) is 0 Å². The number of hydrogen-bond acceptors (Lipinski definition) is 5. The van der Waals surface area contributed by atoms with E-state index in [-0.39, 0.29) is 35.7 Å². The lowest BCUT2D eigenvalue weighted by Crippen LogP contribution is -2.13. The van der Waals surface area contributed by atoms with Crippen LogP contribution in [0.2, 0.25) is 0 Å². The van der Waals surface area contributed by atoms with Crippen molar-refractivity contribution in [2.24, 2.45) is 0 Å². The number of carbonyl (C=O) groups excluding carboxylic acids is 2. The summed E-state index contributed by atoms with van der Waals surface area (Å²) in [7, 11) is 0. The summed E-state index contributed by atoms with van der Waals surface area (Å²) in [6, 6.07) is 0. The van der Waals surface area contributed by atoms with Crippen molar-refractivity contribution in [2.45, 2.75) is 27.7 Å². The molecule has 0 unspecified atom stereocenters. The van der Waals surface area contributed by atoms with Crippen molar-refractivity contribution < 1.29 is 24.3 Å². The second kappa shape index (κ2) is 5.57. The minimum atomic E-state index is -0.644. The van der Waals surface area contributed by atoms with Crippen LogP contribution in [0, 0.1) is 13.8 Å². The van der Waals surface area contributed by atoms with Crippen LogP contribution in [0.1, 0.15) is 46.0 Å². The molecule has 0 aliphatic carbocycles. The summed E-state index contributed by atoms with van der Waals surface area (Å²) in [4.78, 5) is 23.6. The fourth-order valence-corrected chi connectivity index (χ4v) is 1.73. The summed E-state index contributed by atoms with van der Waals surface area (Å²) in [6.07, 6.45) is 0. The molecular weight excluding hydrogens is 238 g/mol. The highest BCUT2D eigenvalue weighted by atomic mass is 16.5. The first-order valence-corrected chi connectivity index (χ1v) is 5.71. The molecule has 1 heterocycles. The molecule has 1 aromatic heterocycles. The van der Waals surface area contributed by atoms with Gasteiger partial charge in [-0.15, -0.1) is 0 Å². The molecule has 0 fully saturated rings. The predicted molar refractivity (Wildman–Crippen MR) is 63.0 cm³/mol. The SMILES string of the molecule is CCOC(=O)c1c(C(=O)OCC)c(C)n(O)c1C. The lowest BCUT2D eigenvalue weighted by molar-refractivity contribution is 0.0479. The van der Waals surface area contributed by atoms with E-state index in [1.54, 1.807) is 13.8 Å². The standard InChI is InChI=1S/C12H17NO5/c1-5-17-11(14)9-7(3)13(16)8(4)10(9)12(15)18-6-2/h16H,5-6H2,1-4H3. The molecule has 0 aromatic carbocycles. The number of ether oxygens (including phenoxy) is 2. The average molecular weight is 255 g/mol. The Morgan fingerprint density at radius 1 is 1.00 bits per heavy atom. The van der Waals surface area contributed by atoms with E-state index in [1.807, 2.05) is 0 Å². The summed E-state index contributed by atoms with van der Waals surface area (Å²) in [5.74, 6) is -1.29. The Balaban J connectivity index is 3.35. The Labute approximate surface area is 105 Å². The van der Waals surface area contributed by atoms with Crippen molar-refractivity contribution in [1.82, 2.24) is 4.73 Å². The first kappa shape index (κ1) is 14.1. The molecule has 6 nitrogen and oxygen atoms in total. The maximum absolute atomic E-state index is 11.8. The van der Waals surface area contributed by atoms with Crippen molar-refractivity contribution in [3.63, 3.8) is 0 Å². The van der Waals surface area contributed by atoms with Crippen molar-refractivity contribution in [2.75, 3.05) is 13.2 Å². The number of esters is 2. The Hall–Kier alpha value is -1.98. The second-order valence-corrected chi connectivity index (χ2v) is 3.67. The van der Waals surface area contributed by atoms with Crippen molar-refractivity contribution in [3.05, 3.63) is 22.5 Å². The third-order valence-corrected chi connectivity index (χ3v) is 2.57. The molecule has 1 N–H and O–H groups in total. The van der Waals surface area contributed by atoms with Gasteiger partial charge in [0.25, 0.3) is 0 Å². The Morgan fingerprint density at radius 3 is 1.61 bits per heavy atom. The van der Waals surface area contributed by atoms with E-state index in [1.165, 1.54) is 13.8 Å². The summed E-state index contributed by atoms with van der Waals surface area (Å²) in [5, 5.41) is 9.74. The molecule has 100 valence electrons. The molecule has 0 aliphatic heterocycles. The van der Waals surface area contributed by atoms with Crippen LogP contribution in [0.25, 0.3) is 0 Å². The third-order valence-electron chi connectivity index (χ3n) is 2.57. The first-order chi connectivity index (χ1) is 8.45. The van der Waals surface area contributed by atoms with Gasteiger partial charge in [-0.2, -0.15) is 4.73 Å². The van der Waals surface area contributed by atoms with E-state index in [2.05, 4.69) is 0 Å². The molecule has 0 saturated heterocycles. The molecule has 0 radical (unpaired) electrons. The molecule has 6 heteroatoms. The topological polar surface area (TPSA) is 77.8 Å². The van der Waals surface area contributed by atoms with Gasteiger partial charge >= 0.3 is 11.9 Å². The predicted octanol–water partition coefficient (Wildman–Crippen LogP) is 1.70. The molecule has 1 rings (SSSR count). The van der Waals surface area contributed by atoms with Crippen molar-refractivity contribution in [3.8, 4) is 0 Å². The highest BCUT2D eigenvalue weighted by molar-refractivity contribution is 6.05. The molecule has 0 spiro atoms. The second-order valence-electron chi connectivity index (χ2n) is 3.67. The van der Waals surface area contributed by atoms with E-state index in [0.29, 0.717) is 0 Å². The van der Waals surface area contributed by atoms with Crippen molar-refractivity contribution in [1.29, 1.82) is 0 Å². The number of aromatic nitrogens is 1. The van der Waals surface area contributed by atoms with E-state index >= 15 is 0 Å². The zero-order chi connectivity index (χ0) is 13.9. The van der Waals surface area contributed by atoms with E-state index < -0.39 is 11.9 Å².